The predicted molar refractivity (Wildman–Crippen MR) is 99.8 cm³/mol. The number of hydrogen-bond donors (Lipinski definition) is 1. The number of carboxylic acids is 1. The Bertz CT molecular complexity index is 980. The Kier molecular flexibility index (Phi) is 4.75. The molecule has 28 heavy (non-hydrogen) atoms. The summed E-state index contributed by atoms with van der Waals surface area (Å²) in [6.45, 7) is 0. The Balaban J connectivity index is 1.48. The summed E-state index contributed by atoms with van der Waals surface area (Å²) in [5.41, 5.74) is 1.65. The van der Waals surface area contributed by atoms with Crippen molar-refractivity contribution < 1.29 is 19.4 Å². The molecule has 4 rings (SSSR count). The molecule has 0 unspecified atom stereocenters. The van der Waals surface area contributed by atoms with Gasteiger partial charge < -0.3 is 14.6 Å². The molecule has 1 N–H and O–H groups in total. The number of nitrogens with zero attached hydrogens (tertiary/aromatic N) is 4. The molecule has 0 fully saturated rings. The Morgan fingerprint density at radius 3 is 1.57 bits per heavy atom. The second kappa shape index (κ2) is 7.67. The molecule has 0 spiro atoms. The second-order valence-corrected chi connectivity index (χ2v) is 5.77. The van der Waals surface area contributed by atoms with Gasteiger partial charge in [-0.25, -0.2) is 14.2 Å². The Morgan fingerprint density at radius 2 is 1.18 bits per heavy atom. The van der Waals surface area contributed by atoms with Gasteiger partial charge in [0.15, 0.2) is 0 Å². The van der Waals surface area contributed by atoms with E-state index in [1.54, 1.807) is 33.9 Å². The van der Waals surface area contributed by atoms with Gasteiger partial charge in [0, 0.05) is 24.5 Å². The van der Waals surface area contributed by atoms with Crippen LogP contribution >= 0.6 is 0 Å². The van der Waals surface area contributed by atoms with Gasteiger partial charge in [0.2, 0.25) is 11.8 Å². The smallest absolute Gasteiger partial charge is 0.387 e. The molecule has 140 valence electrons. The van der Waals surface area contributed by atoms with Crippen LogP contribution in [0.4, 0.5) is 0 Å². The molecule has 2 aromatic heterocycles. The van der Waals surface area contributed by atoms with Crippen molar-refractivity contribution in [3.05, 3.63) is 85.2 Å². The third kappa shape index (κ3) is 3.85. The third-order valence-corrected chi connectivity index (χ3v) is 3.83. The number of para-hydroxylation sites is 2. The van der Waals surface area contributed by atoms with Crippen LogP contribution in [0.5, 0.6) is 11.8 Å². The van der Waals surface area contributed by atoms with E-state index < -0.39 is 12.3 Å². The zero-order valence-electron chi connectivity index (χ0n) is 14.6. The SMILES string of the molecule is O=C(O)C(Oc1ccn(-c2ccccc2)n1)Oc1ccn(-c2ccccc2)n1. The van der Waals surface area contributed by atoms with E-state index in [-0.39, 0.29) is 11.8 Å². The van der Waals surface area contributed by atoms with Crippen molar-refractivity contribution in [2.75, 3.05) is 0 Å². The molecule has 4 aromatic rings. The van der Waals surface area contributed by atoms with Gasteiger partial charge in [-0.15, -0.1) is 10.2 Å². The number of carboxylic acid groups (broad SMARTS) is 1. The maximum absolute atomic E-state index is 11.5. The highest BCUT2D eigenvalue weighted by Gasteiger charge is 2.24. The minimum Gasteiger partial charge on any atom is -0.476 e. The molecule has 8 heteroatoms. The van der Waals surface area contributed by atoms with Crippen molar-refractivity contribution in [2.45, 2.75) is 6.29 Å². The molecule has 0 atom stereocenters. The average molecular weight is 376 g/mol. The first-order chi connectivity index (χ1) is 13.7. The first-order valence-corrected chi connectivity index (χ1v) is 8.47. The number of ether oxygens (including phenoxy) is 2. The summed E-state index contributed by atoms with van der Waals surface area (Å²) in [5, 5.41) is 17.9. The summed E-state index contributed by atoms with van der Waals surface area (Å²) in [7, 11) is 0. The summed E-state index contributed by atoms with van der Waals surface area (Å²) < 4.78 is 14.0. The van der Waals surface area contributed by atoms with E-state index in [9.17, 15) is 9.90 Å². The van der Waals surface area contributed by atoms with E-state index in [0.29, 0.717) is 0 Å². The molecule has 0 aliphatic heterocycles. The van der Waals surface area contributed by atoms with E-state index in [0.717, 1.165) is 11.4 Å². The molecular weight excluding hydrogens is 360 g/mol. The Hall–Kier alpha value is -4.07. The number of benzene rings is 2. The highest BCUT2D eigenvalue weighted by molar-refractivity contribution is 5.71. The minimum absolute atomic E-state index is 0.124. The van der Waals surface area contributed by atoms with E-state index in [2.05, 4.69) is 10.2 Å². The molecule has 0 saturated carbocycles. The number of aromatic nitrogens is 4. The lowest BCUT2D eigenvalue weighted by atomic mass is 10.3. The van der Waals surface area contributed by atoms with Crippen molar-refractivity contribution in [2.24, 2.45) is 0 Å². The van der Waals surface area contributed by atoms with Gasteiger partial charge in [0.1, 0.15) is 0 Å². The van der Waals surface area contributed by atoms with E-state index in [1.165, 1.54) is 0 Å². The number of aliphatic carboxylic acids is 1. The molecular formula is C20H16N4O4. The van der Waals surface area contributed by atoms with Crippen LogP contribution < -0.4 is 9.47 Å². The molecule has 0 aliphatic rings. The van der Waals surface area contributed by atoms with Crippen molar-refractivity contribution in [1.29, 1.82) is 0 Å². The fourth-order valence-corrected chi connectivity index (χ4v) is 2.53. The molecule has 0 aliphatic carbocycles. The van der Waals surface area contributed by atoms with Crippen LogP contribution in [0.15, 0.2) is 85.2 Å². The third-order valence-electron chi connectivity index (χ3n) is 3.83. The van der Waals surface area contributed by atoms with Crippen LogP contribution in [0.25, 0.3) is 11.4 Å². The molecule has 0 amide bonds. The largest absolute Gasteiger partial charge is 0.476 e. The van der Waals surface area contributed by atoms with Gasteiger partial charge in [-0.3, -0.25) is 0 Å². The van der Waals surface area contributed by atoms with Gasteiger partial charge in [-0.1, -0.05) is 36.4 Å². The van der Waals surface area contributed by atoms with E-state index >= 15 is 0 Å². The number of rotatable bonds is 7. The molecule has 0 bridgehead atoms. The fourth-order valence-electron chi connectivity index (χ4n) is 2.53. The van der Waals surface area contributed by atoms with Gasteiger partial charge in [-0.2, -0.15) is 0 Å². The molecule has 0 saturated heterocycles. The molecule has 2 aromatic carbocycles. The molecule has 8 nitrogen and oxygen atoms in total. The second-order valence-electron chi connectivity index (χ2n) is 5.77. The number of hydrogen-bond acceptors (Lipinski definition) is 5. The zero-order chi connectivity index (χ0) is 19.3. The van der Waals surface area contributed by atoms with Crippen molar-refractivity contribution in [1.82, 2.24) is 19.6 Å². The Labute approximate surface area is 160 Å². The first kappa shape index (κ1) is 17.3. The fraction of sp³-hybridized carbons (Fsp3) is 0.0500. The lowest BCUT2D eigenvalue weighted by Gasteiger charge is -2.13. The predicted octanol–water partition coefficient (Wildman–Crippen LogP) is 2.93. The monoisotopic (exact) mass is 376 g/mol. The molecule has 2 heterocycles. The maximum atomic E-state index is 11.5. The van der Waals surface area contributed by atoms with Crippen LogP contribution in [-0.2, 0) is 4.79 Å². The van der Waals surface area contributed by atoms with Gasteiger partial charge in [0.25, 0.3) is 0 Å². The first-order valence-electron chi connectivity index (χ1n) is 8.47. The summed E-state index contributed by atoms with van der Waals surface area (Å²) >= 11 is 0. The minimum atomic E-state index is -1.58. The number of carbonyl (C=O) groups is 1. The summed E-state index contributed by atoms with van der Waals surface area (Å²) in [5.74, 6) is -1.04. The summed E-state index contributed by atoms with van der Waals surface area (Å²) in [6, 6.07) is 21.9. The lowest BCUT2D eigenvalue weighted by Crippen LogP contribution is -2.33. The normalized spacial score (nSPS) is 10.8. The van der Waals surface area contributed by atoms with Crippen LogP contribution in [0.1, 0.15) is 0 Å². The Morgan fingerprint density at radius 1 is 0.750 bits per heavy atom. The van der Waals surface area contributed by atoms with Crippen molar-refractivity contribution in [3.63, 3.8) is 0 Å². The molecule has 0 radical (unpaired) electrons. The highest BCUT2D eigenvalue weighted by Crippen LogP contribution is 2.17. The van der Waals surface area contributed by atoms with E-state index in [4.69, 9.17) is 9.47 Å². The summed E-state index contributed by atoms with van der Waals surface area (Å²) in [4.78, 5) is 11.5. The van der Waals surface area contributed by atoms with Crippen LogP contribution in [0.3, 0.4) is 0 Å². The quantitative estimate of drug-likeness (QED) is 0.499. The van der Waals surface area contributed by atoms with Crippen LogP contribution in [0.2, 0.25) is 0 Å². The van der Waals surface area contributed by atoms with Crippen molar-refractivity contribution in [3.8, 4) is 23.1 Å². The topological polar surface area (TPSA) is 91.4 Å². The average Bonchev–Trinajstić information content (AvgIpc) is 3.39. The van der Waals surface area contributed by atoms with Gasteiger partial charge in [0.05, 0.1) is 11.4 Å². The van der Waals surface area contributed by atoms with Gasteiger partial charge >= 0.3 is 12.3 Å². The van der Waals surface area contributed by atoms with Crippen molar-refractivity contribution >= 4 is 5.97 Å². The van der Waals surface area contributed by atoms with Crippen LogP contribution in [0, 0.1) is 0 Å². The van der Waals surface area contributed by atoms with Gasteiger partial charge in [-0.05, 0) is 24.3 Å². The standard InChI is InChI=1S/C20H16N4O4/c25-19(26)20(27-17-11-13-23(21-17)15-7-3-1-4-8-15)28-18-12-14-24(22-18)16-9-5-2-6-10-16/h1-14,20H,(H,25,26). The summed E-state index contributed by atoms with van der Waals surface area (Å²) in [6.07, 6.45) is 1.76. The van der Waals surface area contributed by atoms with E-state index in [1.807, 2.05) is 60.7 Å². The zero-order valence-corrected chi connectivity index (χ0v) is 14.6. The van der Waals surface area contributed by atoms with Crippen LogP contribution in [-0.4, -0.2) is 36.9 Å². The maximum Gasteiger partial charge on any atom is 0.387 e. The highest BCUT2D eigenvalue weighted by atomic mass is 16.7. The lowest BCUT2D eigenvalue weighted by molar-refractivity contribution is -0.159.